The van der Waals surface area contributed by atoms with Gasteiger partial charge in [-0.15, -0.1) is 0 Å². The van der Waals surface area contributed by atoms with E-state index in [0.29, 0.717) is 22.1 Å². The number of nitrogens with zero attached hydrogens (tertiary/aromatic N) is 1. The van der Waals surface area contributed by atoms with Crippen LogP contribution in [0.3, 0.4) is 0 Å². The van der Waals surface area contributed by atoms with E-state index < -0.39 is 23.4 Å². The van der Waals surface area contributed by atoms with E-state index in [2.05, 4.69) is 10.7 Å². The molecule has 2 aromatic rings. The highest BCUT2D eigenvalue weighted by Crippen LogP contribution is 2.30. The lowest BCUT2D eigenvalue weighted by Crippen LogP contribution is -2.49. The van der Waals surface area contributed by atoms with Crippen molar-refractivity contribution >= 4 is 17.8 Å². The minimum atomic E-state index is -1.32. The Labute approximate surface area is 162 Å². The summed E-state index contributed by atoms with van der Waals surface area (Å²) in [4.78, 5) is 37.3. The van der Waals surface area contributed by atoms with E-state index in [-0.39, 0.29) is 6.61 Å². The highest BCUT2D eigenvalue weighted by Gasteiger charge is 2.50. The Morgan fingerprint density at radius 2 is 1.86 bits per heavy atom. The van der Waals surface area contributed by atoms with Crippen molar-refractivity contribution < 1.29 is 23.9 Å². The van der Waals surface area contributed by atoms with E-state index >= 15 is 0 Å². The summed E-state index contributed by atoms with van der Waals surface area (Å²) in [6.07, 6.45) is 0. The second-order valence-electron chi connectivity index (χ2n) is 6.57. The number of hydrogen-bond donors (Lipinski definition) is 2. The van der Waals surface area contributed by atoms with Crippen LogP contribution in [-0.4, -0.2) is 36.6 Å². The first-order chi connectivity index (χ1) is 13.3. The minimum absolute atomic E-state index is 0.337. The minimum Gasteiger partial charge on any atom is -0.497 e. The first kappa shape index (κ1) is 19.2. The molecule has 1 atom stereocenters. The van der Waals surface area contributed by atoms with Crippen LogP contribution in [0.15, 0.2) is 48.5 Å². The summed E-state index contributed by atoms with van der Waals surface area (Å²) in [5, 5.41) is 3.28. The number of imide groups is 1. The fourth-order valence-corrected chi connectivity index (χ4v) is 2.88. The van der Waals surface area contributed by atoms with E-state index in [9.17, 15) is 14.4 Å². The lowest BCUT2D eigenvalue weighted by Gasteiger charge is -2.22. The molecule has 1 aliphatic heterocycles. The molecule has 8 heteroatoms. The van der Waals surface area contributed by atoms with Crippen LogP contribution in [0, 0.1) is 6.92 Å². The molecule has 4 amide bonds. The first-order valence-electron chi connectivity index (χ1n) is 8.63. The molecule has 1 fully saturated rings. The van der Waals surface area contributed by atoms with Crippen molar-refractivity contribution in [2.24, 2.45) is 0 Å². The van der Waals surface area contributed by atoms with Crippen molar-refractivity contribution in [3.63, 3.8) is 0 Å². The standard InChI is InChI=1S/C20H21N3O5/c1-13-6-4-9-16(10-13)28-12-17(24)22-23-18(25)20(2,21-19(23)26)14-7-5-8-15(11-14)27-3/h4-11H,12H2,1-3H3,(H,21,26)(H,22,24)/t20-/m0/s1. The van der Waals surface area contributed by atoms with E-state index in [1.807, 2.05) is 13.0 Å². The number of ether oxygens (including phenoxy) is 2. The van der Waals surface area contributed by atoms with Crippen LogP contribution in [0.1, 0.15) is 18.1 Å². The largest absolute Gasteiger partial charge is 0.497 e. The number of hydrogen-bond acceptors (Lipinski definition) is 5. The molecule has 3 rings (SSSR count). The van der Waals surface area contributed by atoms with Gasteiger partial charge in [0.15, 0.2) is 6.61 Å². The molecule has 8 nitrogen and oxygen atoms in total. The van der Waals surface area contributed by atoms with Gasteiger partial charge in [-0.05, 0) is 49.2 Å². The molecule has 0 aromatic heterocycles. The highest BCUT2D eigenvalue weighted by molar-refractivity contribution is 6.08. The summed E-state index contributed by atoms with van der Waals surface area (Å²) in [5.41, 5.74) is 2.50. The van der Waals surface area contributed by atoms with Gasteiger partial charge in [0.25, 0.3) is 11.8 Å². The summed E-state index contributed by atoms with van der Waals surface area (Å²) >= 11 is 0. The molecule has 2 aromatic carbocycles. The van der Waals surface area contributed by atoms with Crippen LogP contribution in [-0.2, 0) is 15.1 Å². The third kappa shape index (κ3) is 3.75. The van der Waals surface area contributed by atoms with E-state index in [1.165, 1.54) is 7.11 Å². The third-order valence-electron chi connectivity index (χ3n) is 4.43. The normalized spacial score (nSPS) is 18.6. The summed E-state index contributed by atoms with van der Waals surface area (Å²) in [7, 11) is 1.51. The molecule has 28 heavy (non-hydrogen) atoms. The molecule has 0 spiro atoms. The fourth-order valence-electron chi connectivity index (χ4n) is 2.88. The number of carbonyl (C=O) groups excluding carboxylic acids is 3. The molecule has 146 valence electrons. The number of benzene rings is 2. The van der Waals surface area contributed by atoms with Gasteiger partial charge in [-0.25, -0.2) is 4.79 Å². The molecule has 0 bridgehead atoms. The SMILES string of the molecule is COc1cccc([C@]2(C)NC(=O)N(NC(=O)COc3cccc(C)c3)C2=O)c1. The highest BCUT2D eigenvalue weighted by atomic mass is 16.5. The number of rotatable bonds is 6. The van der Waals surface area contributed by atoms with Crippen molar-refractivity contribution in [3.05, 3.63) is 59.7 Å². The number of nitrogens with one attached hydrogen (secondary N) is 2. The quantitative estimate of drug-likeness (QED) is 0.743. The Morgan fingerprint density at radius 1 is 1.14 bits per heavy atom. The van der Waals surface area contributed by atoms with Crippen LogP contribution < -0.4 is 20.2 Å². The predicted molar refractivity (Wildman–Crippen MR) is 101 cm³/mol. The summed E-state index contributed by atoms with van der Waals surface area (Å²) < 4.78 is 10.6. The zero-order valence-corrected chi connectivity index (χ0v) is 15.8. The molecule has 0 aliphatic carbocycles. The van der Waals surface area contributed by atoms with Gasteiger partial charge in [-0.1, -0.05) is 24.3 Å². The Balaban J connectivity index is 1.68. The average molecular weight is 383 g/mol. The number of carbonyl (C=O) groups is 3. The molecule has 1 heterocycles. The first-order valence-corrected chi connectivity index (χ1v) is 8.63. The number of aryl methyl sites for hydroxylation is 1. The number of amides is 4. The molecular weight excluding hydrogens is 362 g/mol. The number of methoxy groups -OCH3 is 1. The second-order valence-corrected chi connectivity index (χ2v) is 6.57. The zero-order chi connectivity index (χ0) is 20.3. The van der Waals surface area contributed by atoms with Gasteiger partial charge in [0.2, 0.25) is 0 Å². The average Bonchev–Trinajstić information content (AvgIpc) is 2.90. The maximum Gasteiger partial charge on any atom is 0.344 e. The van der Waals surface area contributed by atoms with Crippen molar-refractivity contribution in [3.8, 4) is 11.5 Å². The Bertz CT molecular complexity index is 930. The Hall–Kier alpha value is -3.55. The van der Waals surface area contributed by atoms with Gasteiger partial charge in [-0.3, -0.25) is 15.0 Å². The molecule has 0 unspecified atom stereocenters. The monoisotopic (exact) mass is 383 g/mol. The van der Waals surface area contributed by atoms with Crippen molar-refractivity contribution in [1.82, 2.24) is 15.8 Å². The van der Waals surface area contributed by atoms with Crippen molar-refractivity contribution in [2.75, 3.05) is 13.7 Å². The van der Waals surface area contributed by atoms with Gasteiger partial charge >= 0.3 is 6.03 Å². The smallest absolute Gasteiger partial charge is 0.344 e. The topological polar surface area (TPSA) is 97.0 Å². The molecule has 0 saturated carbocycles. The van der Waals surface area contributed by atoms with Crippen LogP contribution in [0.25, 0.3) is 0 Å². The maximum absolute atomic E-state index is 12.8. The lowest BCUT2D eigenvalue weighted by molar-refractivity contribution is -0.139. The van der Waals surface area contributed by atoms with Gasteiger partial charge in [0, 0.05) is 0 Å². The third-order valence-corrected chi connectivity index (χ3v) is 4.43. The number of urea groups is 1. The number of hydrazine groups is 1. The van der Waals surface area contributed by atoms with E-state index in [4.69, 9.17) is 9.47 Å². The van der Waals surface area contributed by atoms with E-state index in [1.54, 1.807) is 49.4 Å². The molecule has 0 radical (unpaired) electrons. The summed E-state index contributed by atoms with van der Waals surface area (Å²) in [6, 6.07) is 13.3. The van der Waals surface area contributed by atoms with Crippen LogP contribution >= 0.6 is 0 Å². The molecular formula is C20H21N3O5. The second kappa shape index (κ2) is 7.59. The van der Waals surface area contributed by atoms with Gasteiger partial charge in [0.05, 0.1) is 7.11 Å². The van der Waals surface area contributed by atoms with Crippen LogP contribution in [0.4, 0.5) is 4.79 Å². The molecule has 1 aliphatic rings. The van der Waals surface area contributed by atoms with Gasteiger partial charge in [0.1, 0.15) is 17.0 Å². The van der Waals surface area contributed by atoms with E-state index in [0.717, 1.165) is 5.56 Å². The summed E-state index contributed by atoms with van der Waals surface area (Å²) in [5.74, 6) is -0.155. The lowest BCUT2D eigenvalue weighted by atomic mass is 9.92. The summed E-state index contributed by atoms with van der Waals surface area (Å²) in [6.45, 7) is 3.13. The Kier molecular flexibility index (Phi) is 5.21. The Morgan fingerprint density at radius 3 is 2.57 bits per heavy atom. The van der Waals surface area contributed by atoms with Crippen molar-refractivity contribution in [1.29, 1.82) is 0 Å². The maximum atomic E-state index is 12.8. The predicted octanol–water partition coefficient (Wildman–Crippen LogP) is 1.88. The van der Waals surface area contributed by atoms with Gasteiger partial charge < -0.3 is 14.8 Å². The molecule has 2 N–H and O–H groups in total. The van der Waals surface area contributed by atoms with Crippen LogP contribution in [0.2, 0.25) is 0 Å². The van der Waals surface area contributed by atoms with Crippen molar-refractivity contribution in [2.45, 2.75) is 19.4 Å². The molecule has 1 saturated heterocycles. The van der Waals surface area contributed by atoms with Gasteiger partial charge in [-0.2, -0.15) is 5.01 Å². The fraction of sp³-hybridized carbons (Fsp3) is 0.250. The van der Waals surface area contributed by atoms with Crippen LogP contribution in [0.5, 0.6) is 11.5 Å². The zero-order valence-electron chi connectivity index (χ0n) is 15.8.